The number of nitrogens with one attached hydrogen (secondary N) is 1. The van der Waals surface area contributed by atoms with Crippen LogP contribution in [0.2, 0.25) is 0 Å². The lowest BCUT2D eigenvalue weighted by atomic mass is 10.2. The molecule has 0 unspecified atom stereocenters. The fourth-order valence-electron chi connectivity index (χ4n) is 2.68. The van der Waals surface area contributed by atoms with Gasteiger partial charge >= 0.3 is 0 Å². The predicted molar refractivity (Wildman–Crippen MR) is 102 cm³/mol. The molecule has 0 saturated carbocycles. The number of thioether (sulfide) groups is 1. The van der Waals surface area contributed by atoms with Crippen molar-refractivity contribution < 1.29 is 4.79 Å². The lowest BCUT2D eigenvalue weighted by Crippen LogP contribution is -2.22. The Bertz CT molecular complexity index is 1150. The van der Waals surface area contributed by atoms with Gasteiger partial charge in [-0.15, -0.1) is 21.5 Å². The number of nitrogens with zero attached hydrogens (tertiary/aromatic N) is 5. The van der Waals surface area contributed by atoms with Crippen molar-refractivity contribution >= 4 is 50.8 Å². The molecule has 0 saturated heterocycles. The second-order valence-electron chi connectivity index (χ2n) is 5.36. The molecule has 0 atom stereocenters. The Kier molecular flexibility index (Phi) is 4.43. The average molecular weight is 386 g/mol. The minimum Gasteiger partial charge on any atom is -0.301 e. The number of carbonyl (C=O) groups is 1. The number of benzene rings is 1. The first-order chi connectivity index (χ1) is 12.7. The number of aryl methyl sites for hydroxylation is 1. The Morgan fingerprint density at radius 3 is 2.92 bits per heavy atom. The number of hydrogen-bond acceptors (Lipinski definition) is 7. The molecule has 0 fully saturated rings. The number of para-hydroxylation sites is 1. The molecule has 132 valence electrons. The Morgan fingerprint density at radius 2 is 2.15 bits per heavy atom. The van der Waals surface area contributed by atoms with Crippen molar-refractivity contribution in [1.29, 1.82) is 0 Å². The Balaban J connectivity index is 1.71. The number of rotatable bonds is 5. The smallest absolute Gasteiger partial charge is 0.262 e. The lowest BCUT2D eigenvalue weighted by molar-refractivity contribution is -0.113. The van der Waals surface area contributed by atoms with Crippen molar-refractivity contribution in [1.82, 2.24) is 24.1 Å². The zero-order valence-corrected chi connectivity index (χ0v) is 15.4. The van der Waals surface area contributed by atoms with E-state index in [1.165, 1.54) is 23.1 Å². The fraction of sp³-hybridized carbons (Fsp3) is 0.188. The van der Waals surface area contributed by atoms with Crippen LogP contribution in [0.5, 0.6) is 0 Å². The minimum atomic E-state index is -0.171. The summed E-state index contributed by atoms with van der Waals surface area (Å²) in [5.74, 6) is 0.466. The normalized spacial score (nSPS) is 11.3. The minimum absolute atomic E-state index is 0.0962. The molecule has 0 aliphatic rings. The van der Waals surface area contributed by atoms with Crippen molar-refractivity contribution in [3.8, 4) is 0 Å². The molecule has 0 bridgehead atoms. The molecule has 0 aliphatic carbocycles. The molecule has 8 nitrogen and oxygen atoms in total. The van der Waals surface area contributed by atoms with E-state index in [0.717, 1.165) is 5.52 Å². The van der Waals surface area contributed by atoms with Crippen LogP contribution in [0.25, 0.3) is 16.7 Å². The zero-order chi connectivity index (χ0) is 18.1. The third-order valence-electron chi connectivity index (χ3n) is 3.81. The number of fused-ring (bicyclic) bond motifs is 3. The summed E-state index contributed by atoms with van der Waals surface area (Å²) in [5, 5.41) is 14.6. The summed E-state index contributed by atoms with van der Waals surface area (Å²) in [6.45, 7) is 2.37. The second-order valence-corrected chi connectivity index (χ2v) is 7.20. The topological polar surface area (TPSA) is 94.2 Å². The molecule has 3 aromatic heterocycles. The van der Waals surface area contributed by atoms with Crippen LogP contribution in [-0.2, 0) is 11.3 Å². The van der Waals surface area contributed by atoms with Gasteiger partial charge in [-0.05, 0) is 19.1 Å². The maximum Gasteiger partial charge on any atom is 0.262 e. The van der Waals surface area contributed by atoms with E-state index in [0.29, 0.717) is 28.0 Å². The number of anilines is 1. The van der Waals surface area contributed by atoms with E-state index >= 15 is 0 Å². The summed E-state index contributed by atoms with van der Waals surface area (Å²) in [7, 11) is 0. The summed E-state index contributed by atoms with van der Waals surface area (Å²) in [6, 6.07) is 7.33. The summed E-state index contributed by atoms with van der Waals surface area (Å²) < 4.78 is 3.40. The molecule has 4 aromatic rings. The van der Waals surface area contributed by atoms with Gasteiger partial charge in [0, 0.05) is 18.1 Å². The van der Waals surface area contributed by atoms with Crippen molar-refractivity contribution in [3.63, 3.8) is 0 Å². The monoisotopic (exact) mass is 386 g/mol. The molecule has 0 radical (unpaired) electrons. The highest BCUT2D eigenvalue weighted by Gasteiger charge is 2.17. The number of amides is 1. The molecule has 1 amide bonds. The van der Waals surface area contributed by atoms with Gasteiger partial charge in [-0.3, -0.25) is 18.6 Å². The largest absolute Gasteiger partial charge is 0.301 e. The third-order valence-corrected chi connectivity index (χ3v) is 5.42. The van der Waals surface area contributed by atoms with Gasteiger partial charge in [0.2, 0.25) is 11.7 Å². The van der Waals surface area contributed by atoms with Gasteiger partial charge in [0.1, 0.15) is 0 Å². The molecule has 1 N–H and O–H groups in total. The standard InChI is InChI=1S/C16H14N6O2S2/c1-2-21-13(24)10-5-3-4-6-11(10)22-15(21)19-20-16(22)26-9-12(23)18-14-17-7-8-25-14/h3-8H,2,9H2,1H3,(H,17,18,23). The van der Waals surface area contributed by atoms with Gasteiger partial charge in [0.15, 0.2) is 10.3 Å². The van der Waals surface area contributed by atoms with Crippen LogP contribution in [0.15, 0.2) is 45.8 Å². The summed E-state index contributed by atoms with van der Waals surface area (Å²) in [5.41, 5.74) is 0.631. The van der Waals surface area contributed by atoms with Crippen LogP contribution >= 0.6 is 23.1 Å². The van der Waals surface area contributed by atoms with Crippen molar-refractivity contribution in [2.45, 2.75) is 18.6 Å². The molecule has 0 aliphatic heterocycles. The maximum atomic E-state index is 12.6. The van der Waals surface area contributed by atoms with E-state index in [2.05, 4.69) is 20.5 Å². The highest BCUT2D eigenvalue weighted by molar-refractivity contribution is 7.99. The van der Waals surface area contributed by atoms with E-state index in [1.807, 2.05) is 29.5 Å². The number of thiazole rings is 1. The molecule has 3 heterocycles. The Morgan fingerprint density at radius 1 is 1.31 bits per heavy atom. The van der Waals surface area contributed by atoms with Crippen LogP contribution in [0.1, 0.15) is 6.92 Å². The zero-order valence-electron chi connectivity index (χ0n) is 13.7. The van der Waals surface area contributed by atoms with Gasteiger partial charge in [0.25, 0.3) is 5.56 Å². The molecule has 0 spiro atoms. The van der Waals surface area contributed by atoms with Gasteiger partial charge in [0.05, 0.1) is 16.7 Å². The molecular weight excluding hydrogens is 372 g/mol. The fourth-order valence-corrected chi connectivity index (χ4v) is 3.97. The van der Waals surface area contributed by atoms with Gasteiger partial charge in [-0.25, -0.2) is 4.98 Å². The van der Waals surface area contributed by atoms with Gasteiger partial charge in [-0.2, -0.15) is 0 Å². The Labute approximate surface area is 155 Å². The molecule has 1 aromatic carbocycles. The summed E-state index contributed by atoms with van der Waals surface area (Å²) >= 11 is 2.63. The maximum absolute atomic E-state index is 12.6. The predicted octanol–water partition coefficient (Wildman–Crippen LogP) is 2.25. The van der Waals surface area contributed by atoms with Crippen LogP contribution in [-0.4, -0.2) is 35.8 Å². The number of aromatic nitrogens is 5. The number of hydrogen-bond donors (Lipinski definition) is 1. The molecule has 4 rings (SSSR count). The first-order valence-electron chi connectivity index (χ1n) is 7.88. The average Bonchev–Trinajstić information content (AvgIpc) is 3.30. The van der Waals surface area contributed by atoms with Crippen LogP contribution in [0.4, 0.5) is 5.13 Å². The summed E-state index contributed by atoms with van der Waals surface area (Å²) in [4.78, 5) is 28.8. The second kappa shape index (κ2) is 6.89. The van der Waals surface area contributed by atoms with E-state index in [1.54, 1.807) is 22.2 Å². The lowest BCUT2D eigenvalue weighted by Gasteiger charge is -2.09. The Hall–Kier alpha value is -2.72. The van der Waals surface area contributed by atoms with Gasteiger partial charge in [-0.1, -0.05) is 23.9 Å². The van der Waals surface area contributed by atoms with Crippen molar-refractivity contribution in [2.75, 3.05) is 11.1 Å². The van der Waals surface area contributed by atoms with E-state index < -0.39 is 0 Å². The summed E-state index contributed by atoms with van der Waals surface area (Å²) in [6.07, 6.45) is 1.63. The van der Waals surface area contributed by atoms with Crippen LogP contribution in [0.3, 0.4) is 0 Å². The third kappa shape index (κ3) is 2.86. The van der Waals surface area contributed by atoms with E-state index in [4.69, 9.17) is 0 Å². The SMILES string of the molecule is CCn1c(=O)c2ccccc2n2c(SCC(=O)Nc3nccs3)nnc12. The molecule has 10 heteroatoms. The quantitative estimate of drug-likeness (QED) is 0.529. The van der Waals surface area contributed by atoms with Crippen molar-refractivity contribution in [3.05, 3.63) is 46.2 Å². The molecule has 26 heavy (non-hydrogen) atoms. The molecular formula is C16H14N6O2S2. The van der Waals surface area contributed by atoms with Crippen LogP contribution < -0.4 is 10.9 Å². The first-order valence-corrected chi connectivity index (χ1v) is 9.74. The van der Waals surface area contributed by atoms with E-state index in [-0.39, 0.29) is 17.2 Å². The highest BCUT2D eigenvalue weighted by Crippen LogP contribution is 2.22. The van der Waals surface area contributed by atoms with E-state index in [9.17, 15) is 9.59 Å². The van der Waals surface area contributed by atoms with Gasteiger partial charge < -0.3 is 5.32 Å². The highest BCUT2D eigenvalue weighted by atomic mass is 32.2. The first kappa shape index (κ1) is 16.7. The van der Waals surface area contributed by atoms with Crippen LogP contribution in [0, 0.1) is 0 Å². The van der Waals surface area contributed by atoms with Crippen molar-refractivity contribution in [2.24, 2.45) is 0 Å². The number of carbonyl (C=O) groups excluding carboxylic acids is 1.